The van der Waals surface area contributed by atoms with Gasteiger partial charge in [0.05, 0.1) is 34.8 Å². The zero-order chi connectivity index (χ0) is 40.4. The third-order valence-corrected chi connectivity index (χ3v) is 8.70. The van der Waals surface area contributed by atoms with Crippen molar-refractivity contribution in [3.05, 3.63) is 120 Å². The van der Waals surface area contributed by atoms with Crippen molar-refractivity contribution in [2.45, 2.75) is 25.2 Å². The fourth-order valence-corrected chi connectivity index (χ4v) is 5.72. The molecule has 17 nitrogen and oxygen atoms in total. The van der Waals surface area contributed by atoms with Gasteiger partial charge in [0.1, 0.15) is 22.9 Å². The van der Waals surface area contributed by atoms with Crippen LogP contribution in [0.15, 0.2) is 112 Å². The van der Waals surface area contributed by atoms with Crippen LogP contribution in [-0.4, -0.2) is 82.5 Å². The van der Waals surface area contributed by atoms with E-state index in [0.717, 1.165) is 17.0 Å². The monoisotopic (exact) mass is 858 g/mol. The van der Waals surface area contributed by atoms with Crippen molar-refractivity contribution in [3.63, 3.8) is 0 Å². The molecule has 5 N–H and O–H groups in total. The van der Waals surface area contributed by atoms with Crippen molar-refractivity contribution in [1.29, 1.82) is 0 Å². The molecule has 0 saturated carbocycles. The van der Waals surface area contributed by atoms with Crippen LogP contribution >= 0.6 is 0 Å². The van der Waals surface area contributed by atoms with Gasteiger partial charge in [0.25, 0.3) is 0 Å². The van der Waals surface area contributed by atoms with Crippen molar-refractivity contribution in [3.8, 4) is 34.6 Å². The van der Waals surface area contributed by atoms with E-state index in [2.05, 4.69) is 24.9 Å². The van der Waals surface area contributed by atoms with E-state index in [0.29, 0.717) is 29.1 Å². The van der Waals surface area contributed by atoms with Gasteiger partial charge in [0, 0.05) is 51.1 Å². The van der Waals surface area contributed by atoms with Gasteiger partial charge in [-0.3, -0.25) is 18.4 Å². The number of nitrogens with one attached hydrogen (secondary N) is 1. The maximum atomic E-state index is 12.3. The Kier molecular flexibility index (Phi) is 15.4. The summed E-state index contributed by atoms with van der Waals surface area (Å²) in [4.78, 5) is 20.4. The van der Waals surface area contributed by atoms with Crippen LogP contribution in [-0.2, 0) is 50.3 Å². The molecule has 0 fully saturated rings. The molecule has 4 aromatic carbocycles. The van der Waals surface area contributed by atoms with Crippen LogP contribution < -0.4 is 4.72 Å². The van der Waals surface area contributed by atoms with Gasteiger partial charge in [-0.15, -0.1) is 0 Å². The van der Waals surface area contributed by atoms with Crippen LogP contribution in [0.1, 0.15) is 41.2 Å². The van der Waals surface area contributed by atoms with Gasteiger partial charge >= 0.3 is 5.97 Å². The average molecular weight is 859 g/mol. The third kappa shape index (κ3) is 10.8. The Morgan fingerprint density at radius 1 is 0.772 bits per heavy atom. The largest absolute Gasteiger partial charge is 0.768 e. The first kappa shape index (κ1) is 43.6. The van der Waals surface area contributed by atoms with Crippen LogP contribution in [0, 0.1) is 0 Å². The van der Waals surface area contributed by atoms with Gasteiger partial charge < -0.3 is 39.0 Å². The van der Waals surface area contributed by atoms with Crippen molar-refractivity contribution in [1.82, 2.24) is 19.6 Å². The number of ether oxygens (including phenoxy) is 1. The van der Waals surface area contributed by atoms with E-state index in [-0.39, 0.29) is 79.9 Å². The summed E-state index contributed by atoms with van der Waals surface area (Å²) in [6.45, 7) is 3.64. The zero-order valence-electron chi connectivity index (χ0n) is 29.9. The summed E-state index contributed by atoms with van der Waals surface area (Å²) in [5, 5.41) is 49.6. The zero-order valence-corrected chi connectivity index (χ0v) is 32.6. The topological polar surface area (TPSA) is 260 Å². The van der Waals surface area contributed by atoms with E-state index in [1.54, 1.807) is 37.3 Å². The minimum absolute atomic E-state index is 0. The molecule has 0 spiro atoms. The second-order valence-electron chi connectivity index (χ2n) is 11.3. The smallest absolute Gasteiger partial charge is 0.359 e. The summed E-state index contributed by atoms with van der Waals surface area (Å²) in [5.74, 6) is -1.61. The summed E-state index contributed by atoms with van der Waals surface area (Å²) in [6, 6.07) is 25.5. The number of hydrogen-bond acceptors (Lipinski definition) is 14. The quantitative estimate of drug-likeness (QED) is 0.0458. The van der Waals surface area contributed by atoms with E-state index in [1.165, 1.54) is 41.2 Å². The SMILES string of the molecule is CCOC(=O)c1nn(-c2ccccc2)c(O)c1C=Nc1cc(S(=O)[O-])ccc1O.CCc1nn(-c2ccccc2)c(O)c1C=Nc1cc(NS(=O)[O-])ccc1O.[Co]. The van der Waals surface area contributed by atoms with Crippen molar-refractivity contribution < 1.29 is 64.3 Å². The van der Waals surface area contributed by atoms with Gasteiger partial charge in [-0.2, -0.15) is 14.9 Å². The number of phenolic OH excluding ortho intramolecular Hbond substituents is 2. The van der Waals surface area contributed by atoms with E-state index < -0.39 is 28.3 Å². The molecule has 299 valence electrons. The molecule has 2 unspecified atom stereocenters. The molecule has 2 atom stereocenters. The molecule has 2 heterocycles. The summed E-state index contributed by atoms with van der Waals surface area (Å²) < 4.78 is 53.5. The van der Waals surface area contributed by atoms with E-state index in [9.17, 15) is 42.7 Å². The Morgan fingerprint density at radius 2 is 1.30 bits per heavy atom. The van der Waals surface area contributed by atoms with Gasteiger partial charge in [0.15, 0.2) is 5.69 Å². The molecule has 57 heavy (non-hydrogen) atoms. The van der Waals surface area contributed by atoms with Crippen LogP contribution in [0.4, 0.5) is 17.1 Å². The standard InChI is InChI=1S/C19H17N3O6S.C18H18N4O4S.Co/c1-2-28-19(25)17-14(18(24)22(21-17)12-6-4-3-5-7-12)11-20-15-10-13(29(26)27)8-9-16(15)23;1-2-15-14(18(24)22(20-15)13-6-4-3-5-7-13)11-19-16-10-12(21-27(25)26)8-9-17(16)23;/h3-11,23-24H,2H2,1H3,(H,26,27);3-11,21,23-24H,2H2,1H3,(H,25,26);/p-2. The predicted octanol–water partition coefficient (Wildman–Crippen LogP) is 5.25. The molecule has 0 aliphatic rings. The number of phenols is 2. The van der Waals surface area contributed by atoms with Crippen LogP contribution in [0.5, 0.6) is 23.3 Å². The number of rotatable bonds is 12. The Bertz CT molecular complexity index is 2440. The number of aryl methyl sites for hydroxylation is 1. The minimum Gasteiger partial charge on any atom is -0.768 e. The van der Waals surface area contributed by atoms with E-state index >= 15 is 0 Å². The number of carbonyl (C=O) groups excluding carboxylic acids is 1. The predicted molar refractivity (Wildman–Crippen MR) is 206 cm³/mol. The first-order valence-electron chi connectivity index (χ1n) is 16.5. The van der Waals surface area contributed by atoms with Gasteiger partial charge in [-0.1, -0.05) is 43.3 Å². The molecule has 1 radical (unpaired) electrons. The van der Waals surface area contributed by atoms with Crippen molar-refractivity contribution in [2.75, 3.05) is 11.3 Å². The number of aliphatic imine (C=N–C) groups is 2. The second-order valence-corrected chi connectivity index (χ2v) is 12.9. The maximum absolute atomic E-state index is 12.3. The van der Waals surface area contributed by atoms with Crippen molar-refractivity contribution >= 4 is 57.8 Å². The molecule has 0 aliphatic carbocycles. The average Bonchev–Trinajstić information content (AvgIpc) is 3.70. The molecule has 0 bridgehead atoms. The number of aromatic nitrogens is 4. The minimum atomic E-state index is -2.51. The number of benzene rings is 4. The van der Waals surface area contributed by atoms with Crippen LogP contribution in [0.25, 0.3) is 11.4 Å². The second kappa shape index (κ2) is 20.1. The fraction of sp³-hybridized carbons (Fsp3) is 0.108. The Morgan fingerprint density at radius 3 is 1.84 bits per heavy atom. The number of aromatic hydroxyl groups is 4. The Balaban J connectivity index is 0.000000249. The number of hydrogen-bond donors (Lipinski definition) is 5. The van der Waals surface area contributed by atoms with Gasteiger partial charge in [-0.25, -0.2) is 9.48 Å². The maximum Gasteiger partial charge on any atom is 0.359 e. The number of nitrogens with zero attached hydrogens (tertiary/aromatic N) is 6. The normalized spacial score (nSPS) is 12.1. The number of anilines is 1. The van der Waals surface area contributed by atoms with E-state index in [1.807, 2.05) is 37.3 Å². The first-order valence-corrected chi connectivity index (χ1v) is 18.7. The summed E-state index contributed by atoms with van der Waals surface area (Å²) in [5.41, 5.74) is 2.39. The number of esters is 1. The van der Waals surface area contributed by atoms with Crippen molar-refractivity contribution in [2.24, 2.45) is 9.98 Å². The Hall–Kier alpha value is -6.16. The molecule has 0 amide bonds. The van der Waals surface area contributed by atoms with Crippen LogP contribution in [0.2, 0.25) is 0 Å². The molecule has 0 aliphatic heterocycles. The van der Waals surface area contributed by atoms with E-state index in [4.69, 9.17) is 4.74 Å². The third-order valence-electron chi connectivity index (χ3n) is 7.66. The van der Waals surface area contributed by atoms with Gasteiger partial charge in [0.2, 0.25) is 11.8 Å². The summed E-state index contributed by atoms with van der Waals surface area (Å²) >= 11 is -4.99. The van der Waals surface area contributed by atoms with Crippen LogP contribution in [0.3, 0.4) is 0 Å². The fourth-order valence-electron chi connectivity index (χ4n) is 5.01. The Labute approximate surface area is 340 Å². The first-order chi connectivity index (χ1) is 26.9. The number of para-hydroxylation sites is 2. The molecule has 2 aromatic heterocycles. The molecule has 6 aromatic rings. The summed E-state index contributed by atoms with van der Waals surface area (Å²) in [6.07, 6.45) is 3.08. The van der Waals surface area contributed by atoms with Gasteiger partial charge in [-0.05, 0) is 85.1 Å². The molecular formula is C37H33CoN7O10S2-2. The number of carbonyl (C=O) groups is 1. The molecular weight excluding hydrogens is 826 g/mol. The molecule has 6 rings (SSSR count). The molecule has 20 heteroatoms. The summed E-state index contributed by atoms with van der Waals surface area (Å²) in [7, 11) is 0. The molecule has 0 saturated heterocycles.